The van der Waals surface area contributed by atoms with E-state index in [2.05, 4.69) is 4.98 Å². The van der Waals surface area contributed by atoms with Gasteiger partial charge in [-0.1, -0.05) is 30.3 Å². The summed E-state index contributed by atoms with van der Waals surface area (Å²) in [4.78, 5) is 47.7. The lowest BCUT2D eigenvalue weighted by Gasteiger charge is -2.12. The van der Waals surface area contributed by atoms with E-state index in [0.29, 0.717) is 37.9 Å². The third kappa shape index (κ3) is 3.30. The van der Waals surface area contributed by atoms with Crippen molar-refractivity contribution in [2.75, 3.05) is 6.61 Å². The summed E-state index contributed by atoms with van der Waals surface area (Å²) >= 11 is 1.40. The van der Waals surface area contributed by atoms with Crippen molar-refractivity contribution in [1.29, 1.82) is 0 Å². The molecule has 0 unspecified atom stereocenters. The Hall–Kier alpha value is -3.91. The van der Waals surface area contributed by atoms with Gasteiger partial charge in [0.1, 0.15) is 10.4 Å². The van der Waals surface area contributed by atoms with Gasteiger partial charge in [-0.15, -0.1) is 11.3 Å². The highest BCUT2D eigenvalue weighted by Crippen LogP contribution is 2.44. The first kappa shape index (κ1) is 21.9. The summed E-state index contributed by atoms with van der Waals surface area (Å²) in [5.74, 6) is -0.837. The second kappa shape index (κ2) is 8.14. The number of rotatable bonds is 4. The number of aryl methyl sites for hydroxylation is 2. The number of hydrogen-bond donors (Lipinski definition) is 0. The van der Waals surface area contributed by atoms with Crippen molar-refractivity contribution in [2.45, 2.75) is 27.7 Å². The minimum Gasteiger partial charge on any atom is -0.462 e. The second-order valence-electron chi connectivity index (χ2n) is 7.97. The zero-order valence-electron chi connectivity index (χ0n) is 19.0. The Balaban J connectivity index is 2.05. The van der Waals surface area contributed by atoms with Gasteiger partial charge in [0.2, 0.25) is 5.71 Å². The minimum absolute atomic E-state index is 0.00752. The van der Waals surface area contributed by atoms with Gasteiger partial charge in [-0.2, -0.15) is 0 Å². The van der Waals surface area contributed by atoms with Crippen LogP contribution in [0.3, 0.4) is 0 Å². The predicted octanol–water partition coefficient (Wildman–Crippen LogP) is 5.61. The number of hydrogen-bond acceptors (Lipinski definition) is 8. The lowest BCUT2D eigenvalue weighted by molar-refractivity contribution is 0.0528. The number of fused-ring (bicyclic) bond motifs is 4. The zero-order chi connectivity index (χ0) is 24.1. The fourth-order valence-corrected chi connectivity index (χ4v) is 5.61. The highest BCUT2D eigenvalue weighted by Gasteiger charge is 2.26. The molecule has 0 radical (unpaired) electrons. The molecule has 4 aromatic heterocycles. The first-order valence-corrected chi connectivity index (χ1v) is 11.6. The molecule has 4 heterocycles. The maximum absolute atomic E-state index is 12.8. The molecule has 1 aromatic carbocycles. The Bertz CT molecular complexity index is 1700. The number of nitrogens with zero attached hydrogens (tertiary/aromatic N) is 2. The van der Waals surface area contributed by atoms with E-state index in [-0.39, 0.29) is 23.7 Å². The Morgan fingerprint density at radius 2 is 1.82 bits per heavy atom. The van der Waals surface area contributed by atoms with E-state index in [0.717, 1.165) is 15.8 Å². The van der Waals surface area contributed by atoms with E-state index < -0.39 is 11.6 Å². The van der Waals surface area contributed by atoms with Crippen LogP contribution in [0.1, 0.15) is 45.8 Å². The standard InChI is InChI=1S/C26H20N2O5S/c1-5-32-25(30)16-11-12(2)27-24-20(16)21-22(34-24)19(15-9-7-6-8-10-15)18-13(3)17(14(4)29)26(31)33-23(18)28-21/h6-11H,5H2,1-4H3. The molecule has 7 nitrogen and oxygen atoms in total. The van der Waals surface area contributed by atoms with E-state index in [1.165, 1.54) is 18.3 Å². The molecule has 0 bridgehead atoms. The second-order valence-corrected chi connectivity index (χ2v) is 8.97. The third-order valence-corrected chi connectivity index (χ3v) is 6.81. The summed E-state index contributed by atoms with van der Waals surface area (Å²) < 4.78 is 11.6. The Labute approximate surface area is 198 Å². The molecule has 0 spiro atoms. The Morgan fingerprint density at radius 3 is 2.50 bits per heavy atom. The highest BCUT2D eigenvalue weighted by atomic mass is 32.1. The molecule has 0 amide bonds. The van der Waals surface area contributed by atoms with Crippen LogP contribution < -0.4 is 5.63 Å². The van der Waals surface area contributed by atoms with Crippen molar-refractivity contribution >= 4 is 54.6 Å². The first-order chi connectivity index (χ1) is 16.3. The summed E-state index contributed by atoms with van der Waals surface area (Å²) in [6.45, 7) is 6.87. The number of ether oxygens (including phenoxy) is 1. The molecule has 0 saturated carbocycles. The molecule has 5 aromatic rings. The number of pyridine rings is 2. The highest BCUT2D eigenvalue weighted by molar-refractivity contribution is 7.26. The Morgan fingerprint density at radius 1 is 1.09 bits per heavy atom. The average molecular weight is 473 g/mol. The van der Waals surface area contributed by atoms with Gasteiger partial charge in [0.25, 0.3) is 0 Å². The minimum atomic E-state index is -0.734. The molecule has 8 heteroatoms. The van der Waals surface area contributed by atoms with Crippen molar-refractivity contribution in [2.24, 2.45) is 0 Å². The summed E-state index contributed by atoms with van der Waals surface area (Å²) in [5, 5.41) is 1.14. The van der Waals surface area contributed by atoms with Crippen LogP contribution in [0.15, 0.2) is 45.6 Å². The van der Waals surface area contributed by atoms with Gasteiger partial charge in [-0.3, -0.25) is 4.79 Å². The molecule has 170 valence electrons. The number of esters is 1. The van der Waals surface area contributed by atoms with Gasteiger partial charge < -0.3 is 9.15 Å². The van der Waals surface area contributed by atoms with Crippen LogP contribution in [0.25, 0.3) is 42.7 Å². The van der Waals surface area contributed by atoms with Gasteiger partial charge in [-0.25, -0.2) is 19.6 Å². The molecule has 5 rings (SSSR count). The normalized spacial score (nSPS) is 11.4. The van der Waals surface area contributed by atoms with Gasteiger partial charge in [0, 0.05) is 11.3 Å². The molecule has 0 saturated heterocycles. The number of carbonyl (C=O) groups is 2. The van der Waals surface area contributed by atoms with Crippen molar-refractivity contribution in [3.05, 3.63) is 69.2 Å². The van der Waals surface area contributed by atoms with Crippen molar-refractivity contribution in [3.63, 3.8) is 0 Å². The van der Waals surface area contributed by atoms with Crippen molar-refractivity contribution in [3.8, 4) is 11.1 Å². The zero-order valence-corrected chi connectivity index (χ0v) is 19.8. The number of ketones is 1. The SMILES string of the molecule is CCOC(=O)c1cc(C)nc2sc3c(-c4ccccc4)c4c(C)c(C(C)=O)c(=O)oc4nc3c12. The van der Waals surface area contributed by atoms with Crippen molar-refractivity contribution in [1.82, 2.24) is 9.97 Å². The molecular weight excluding hydrogens is 452 g/mol. The van der Waals surface area contributed by atoms with Crippen LogP contribution in [-0.4, -0.2) is 28.3 Å². The lowest BCUT2D eigenvalue weighted by atomic mass is 9.96. The summed E-state index contributed by atoms with van der Waals surface area (Å²) in [7, 11) is 0. The number of benzene rings is 1. The predicted molar refractivity (Wildman–Crippen MR) is 132 cm³/mol. The molecule has 0 aliphatic carbocycles. The van der Waals surface area contributed by atoms with E-state index in [9.17, 15) is 14.4 Å². The van der Waals surface area contributed by atoms with Crippen LogP contribution in [0.5, 0.6) is 0 Å². The topological polar surface area (TPSA) is 99.4 Å². The number of Topliss-reactive ketones (excluding diaryl/α,β-unsaturated/α-hetero) is 1. The molecule has 0 aliphatic rings. The third-order valence-electron chi connectivity index (χ3n) is 5.72. The summed E-state index contributed by atoms with van der Waals surface area (Å²) in [5.41, 5.74) is 3.08. The number of aromatic nitrogens is 2. The van der Waals surface area contributed by atoms with Crippen LogP contribution in [-0.2, 0) is 4.74 Å². The fraction of sp³-hybridized carbons (Fsp3) is 0.192. The summed E-state index contributed by atoms with van der Waals surface area (Å²) in [6, 6.07) is 11.3. The lowest BCUT2D eigenvalue weighted by Crippen LogP contribution is -2.15. The van der Waals surface area contributed by atoms with E-state index >= 15 is 0 Å². The van der Waals surface area contributed by atoms with E-state index in [1.54, 1.807) is 19.9 Å². The van der Waals surface area contributed by atoms with Gasteiger partial charge in [-0.05, 0) is 44.9 Å². The quantitative estimate of drug-likeness (QED) is 0.247. The van der Waals surface area contributed by atoms with Gasteiger partial charge in [0.05, 0.1) is 33.2 Å². The molecule has 0 N–H and O–H groups in total. The maximum atomic E-state index is 12.8. The van der Waals surface area contributed by atoms with Crippen LogP contribution in [0, 0.1) is 13.8 Å². The average Bonchev–Trinajstić information content (AvgIpc) is 3.15. The fourth-order valence-electron chi connectivity index (χ4n) is 4.36. The Kier molecular flexibility index (Phi) is 5.25. The van der Waals surface area contributed by atoms with Crippen molar-refractivity contribution < 1.29 is 18.7 Å². The van der Waals surface area contributed by atoms with Crippen LogP contribution >= 0.6 is 11.3 Å². The largest absolute Gasteiger partial charge is 0.462 e. The molecule has 34 heavy (non-hydrogen) atoms. The molecule has 0 atom stereocenters. The molecular formula is C26H20N2O5S. The maximum Gasteiger partial charge on any atom is 0.348 e. The smallest absolute Gasteiger partial charge is 0.348 e. The van der Waals surface area contributed by atoms with E-state index in [4.69, 9.17) is 14.1 Å². The van der Waals surface area contributed by atoms with E-state index in [1.807, 2.05) is 37.3 Å². The monoisotopic (exact) mass is 472 g/mol. The number of thiophene rings is 1. The van der Waals surface area contributed by atoms with Gasteiger partial charge >= 0.3 is 11.6 Å². The van der Waals surface area contributed by atoms with Gasteiger partial charge in [0.15, 0.2) is 5.78 Å². The van der Waals surface area contributed by atoms with Crippen LogP contribution in [0.4, 0.5) is 0 Å². The molecule has 0 fully saturated rings. The molecule has 0 aliphatic heterocycles. The first-order valence-electron chi connectivity index (χ1n) is 10.8. The summed E-state index contributed by atoms with van der Waals surface area (Å²) in [6.07, 6.45) is 0. The van der Waals surface area contributed by atoms with Crippen LogP contribution in [0.2, 0.25) is 0 Å². The number of carbonyl (C=O) groups excluding carboxylic acids is 2.